The van der Waals surface area contributed by atoms with E-state index in [1.54, 1.807) is 0 Å². The molecule has 1 amide bonds. The van der Waals surface area contributed by atoms with E-state index in [9.17, 15) is 14.9 Å². The molecule has 0 spiro atoms. The minimum Gasteiger partial charge on any atom is -0.304 e. The standard InChI is InChI=1S/C11H5Br2ClN4O3/c12-8-4-15-10(9(13)16-8)17-11(19)6-2-1-5(14)3-7(6)18(20)21/h1-4H,(H,15,17,19). The Kier molecular flexibility index (Phi) is 4.86. The molecule has 0 saturated carbocycles. The number of carbonyl (C=O) groups is 1. The van der Waals surface area contributed by atoms with E-state index in [0.717, 1.165) is 6.07 Å². The maximum atomic E-state index is 12.1. The van der Waals surface area contributed by atoms with Crippen molar-refractivity contribution >= 4 is 60.9 Å². The van der Waals surface area contributed by atoms with Crippen molar-refractivity contribution in [2.45, 2.75) is 0 Å². The Morgan fingerprint density at radius 2 is 2.10 bits per heavy atom. The third-order valence-corrected chi connectivity index (χ3v) is 3.50. The zero-order valence-electron chi connectivity index (χ0n) is 10.0. The minimum atomic E-state index is -0.685. The van der Waals surface area contributed by atoms with Crippen molar-refractivity contribution in [3.8, 4) is 0 Å². The maximum absolute atomic E-state index is 12.1. The third kappa shape index (κ3) is 3.74. The molecule has 21 heavy (non-hydrogen) atoms. The Labute approximate surface area is 140 Å². The quantitative estimate of drug-likeness (QED) is 0.583. The SMILES string of the molecule is O=C(Nc1ncc(Br)nc1Br)c1ccc(Cl)cc1[N+](=O)[O-]. The molecule has 0 unspecified atom stereocenters. The monoisotopic (exact) mass is 434 g/mol. The van der Waals surface area contributed by atoms with Crippen LogP contribution in [0.1, 0.15) is 10.4 Å². The molecule has 10 heteroatoms. The predicted octanol–water partition coefficient (Wildman–Crippen LogP) is 3.82. The van der Waals surface area contributed by atoms with Gasteiger partial charge in [-0.25, -0.2) is 9.97 Å². The number of nitro groups is 1. The lowest BCUT2D eigenvalue weighted by Gasteiger charge is -2.06. The number of hydrogen-bond donors (Lipinski definition) is 1. The second-order valence-electron chi connectivity index (χ2n) is 3.70. The van der Waals surface area contributed by atoms with Gasteiger partial charge in [-0.3, -0.25) is 14.9 Å². The van der Waals surface area contributed by atoms with E-state index < -0.39 is 10.8 Å². The second-order valence-corrected chi connectivity index (χ2v) is 5.70. The van der Waals surface area contributed by atoms with Gasteiger partial charge in [0.2, 0.25) is 0 Å². The fraction of sp³-hybridized carbons (Fsp3) is 0. The van der Waals surface area contributed by atoms with Gasteiger partial charge in [0.15, 0.2) is 5.82 Å². The lowest BCUT2D eigenvalue weighted by atomic mass is 10.1. The number of amides is 1. The first-order valence-electron chi connectivity index (χ1n) is 5.32. The Morgan fingerprint density at radius 3 is 2.71 bits per heavy atom. The first-order chi connectivity index (χ1) is 9.88. The zero-order chi connectivity index (χ0) is 15.6. The lowest BCUT2D eigenvalue weighted by Crippen LogP contribution is -2.15. The number of nitrogens with one attached hydrogen (secondary N) is 1. The molecule has 1 heterocycles. The van der Waals surface area contributed by atoms with Crippen molar-refractivity contribution in [1.82, 2.24) is 9.97 Å². The van der Waals surface area contributed by atoms with E-state index in [1.807, 2.05) is 0 Å². The topological polar surface area (TPSA) is 98.0 Å². The van der Waals surface area contributed by atoms with Crippen molar-refractivity contribution in [2.24, 2.45) is 0 Å². The van der Waals surface area contributed by atoms with Crippen LogP contribution in [0.5, 0.6) is 0 Å². The number of anilines is 1. The van der Waals surface area contributed by atoms with Crippen LogP contribution in [0.25, 0.3) is 0 Å². The summed E-state index contributed by atoms with van der Waals surface area (Å²) in [5.41, 5.74) is -0.512. The van der Waals surface area contributed by atoms with Gasteiger partial charge in [-0.2, -0.15) is 0 Å². The first-order valence-corrected chi connectivity index (χ1v) is 7.28. The van der Waals surface area contributed by atoms with Gasteiger partial charge in [0, 0.05) is 11.1 Å². The average molecular weight is 436 g/mol. The zero-order valence-corrected chi connectivity index (χ0v) is 13.9. The first kappa shape index (κ1) is 15.8. The maximum Gasteiger partial charge on any atom is 0.283 e. The molecule has 0 fully saturated rings. The number of halogens is 3. The van der Waals surface area contributed by atoms with Gasteiger partial charge in [0.05, 0.1) is 11.1 Å². The summed E-state index contributed by atoms with van der Waals surface area (Å²) in [7, 11) is 0. The summed E-state index contributed by atoms with van der Waals surface area (Å²) in [6.07, 6.45) is 1.39. The van der Waals surface area contributed by atoms with E-state index >= 15 is 0 Å². The smallest absolute Gasteiger partial charge is 0.283 e. The molecule has 0 bridgehead atoms. The Bertz CT molecular complexity index is 741. The highest BCUT2D eigenvalue weighted by Crippen LogP contribution is 2.25. The summed E-state index contributed by atoms with van der Waals surface area (Å²) in [6, 6.07) is 3.78. The van der Waals surface area contributed by atoms with Crippen molar-refractivity contribution < 1.29 is 9.72 Å². The Hall–Kier alpha value is -1.58. The summed E-state index contributed by atoms with van der Waals surface area (Å²) in [6.45, 7) is 0. The molecule has 0 radical (unpaired) electrons. The van der Waals surface area contributed by atoms with Crippen molar-refractivity contribution in [1.29, 1.82) is 0 Å². The highest BCUT2D eigenvalue weighted by atomic mass is 79.9. The number of carbonyl (C=O) groups excluding carboxylic acids is 1. The fourth-order valence-corrected chi connectivity index (χ4v) is 2.53. The minimum absolute atomic E-state index is 0.124. The number of aromatic nitrogens is 2. The van der Waals surface area contributed by atoms with Crippen LogP contribution < -0.4 is 5.32 Å². The second kappa shape index (κ2) is 6.46. The van der Waals surface area contributed by atoms with Crippen molar-refractivity contribution in [3.63, 3.8) is 0 Å². The summed E-state index contributed by atoms with van der Waals surface area (Å²) >= 11 is 12.0. The molecule has 108 valence electrons. The molecule has 0 aliphatic carbocycles. The number of rotatable bonds is 3. The summed E-state index contributed by atoms with van der Waals surface area (Å²) < 4.78 is 0.770. The van der Waals surface area contributed by atoms with Crippen LogP contribution in [0, 0.1) is 10.1 Å². The highest BCUT2D eigenvalue weighted by Gasteiger charge is 2.21. The summed E-state index contributed by atoms with van der Waals surface area (Å²) in [5, 5.41) is 13.6. The van der Waals surface area contributed by atoms with Crippen LogP contribution in [0.4, 0.5) is 11.5 Å². The highest BCUT2D eigenvalue weighted by molar-refractivity contribution is 9.11. The van der Waals surface area contributed by atoms with Gasteiger partial charge >= 0.3 is 0 Å². The van der Waals surface area contributed by atoms with E-state index in [4.69, 9.17) is 11.6 Å². The van der Waals surface area contributed by atoms with Crippen LogP contribution in [0.2, 0.25) is 5.02 Å². The Morgan fingerprint density at radius 1 is 1.38 bits per heavy atom. The average Bonchev–Trinajstić information content (AvgIpc) is 2.41. The summed E-state index contributed by atoms with van der Waals surface area (Å²) in [5.74, 6) is -0.539. The molecule has 0 aliphatic heterocycles. The molecular weight excluding hydrogens is 431 g/mol. The largest absolute Gasteiger partial charge is 0.304 e. The molecule has 1 aromatic heterocycles. The lowest BCUT2D eigenvalue weighted by molar-refractivity contribution is -0.385. The van der Waals surface area contributed by atoms with Gasteiger partial charge in [-0.1, -0.05) is 11.6 Å². The Balaban J connectivity index is 2.34. The number of hydrogen-bond acceptors (Lipinski definition) is 5. The molecule has 0 aliphatic rings. The molecule has 7 nitrogen and oxygen atoms in total. The van der Waals surface area contributed by atoms with Gasteiger partial charge in [0.1, 0.15) is 14.8 Å². The molecule has 0 atom stereocenters. The van der Waals surface area contributed by atoms with Crippen LogP contribution in [0.15, 0.2) is 33.6 Å². The van der Waals surface area contributed by atoms with Gasteiger partial charge < -0.3 is 5.32 Å². The van der Waals surface area contributed by atoms with Gasteiger partial charge in [-0.15, -0.1) is 0 Å². The van der Waals surface area contributed by atoms with Crippen LogP contribution >= 0.6 is 43.5 Å². The predicted molar refractivity (Wildman–Crippen MR) is 83.5 cm³/mol. The van der Waals surface area contributed by atoms with E-state index in [1.165, 1.54) is 18.3 Å². The van der Waals surface area contributed by atoms with E-state index in [0.29, 0.717) is 9.21 Å². The summed E-state index contributed by atoms with van der Waals surface area (Å²) in [4.78, 5) is 30.4. The normalized spacial score (nSPS) is 10.2. The van der Waals surface area contributed by atoms with E-state index in [-0.39, 0.29) is 22.1 Å². The van der Waals surface area contributed by atoms with Gasteiger partial charge in [0.25, 0.3) is 11.6 Å². The number of nitrogens with zero attached hydrogens (tertiary/aromatic N) is 3. The molecule has 1 aromatic carbocycles. The third-order valence-electron chi connectivity index (χ3n) is 2.33. The fourth-order valence-electron chi connectivity index (χ4n) is 1.45. The molecule has 1 N–H and O–H groups in total. The molecular formula is C11H5Br2ClN4O3. The van der Waals surface area contributed by atoms with Crippen LogP contribution in [-0.2, 0) is 0 Å². The molecule has 2 aromatic rings. The molecule has 2 rings (SSSR count). The van der Waals surface area contributed by atoms with Crippen LogP contribution in [0.3, 0.4) is 0 Å². The van der Waals surface area contributed by atoms with Crippen LogP contribution in [-0.4, -0.2) is 20.8 Å². The van der Waals surface area contributed by atoms with Gasteiger partial charge in [-0.05, 0) is 44.0 Å². The van der Waals surface area contributed by atoms with E-state index in [2.05, 4.69) is 47.1 Å². The molecule has 0 saturated heterocycles. The number of nitro benzene ring substituents is 1. The van der Waals surface area contributed by atoms with Crippen molar-refractivity contribution in [3.05, 3.63) is 54.3 Å². The number of benzene rings is 1. The van der Waals surface area contributed by atoms with Crippen molar-refractivity contribution in [2.75, 3.05) is 5.32 Å².